The van der Waals surface area contributed by atoms with Crippen LogP contribution in [0.2, 0.25) is 0 Å². The van der Waals surface area contributed by atoms with Crippen LogP contribution in [0.4, 0.5) is 5.82 Å². The number of rotatable bonds is 6. The van der Waals surface area contributed by atoms with Crippen molar-refractivity contribution in [1.29, 1.82) is 5.26 Å². The molecule has 1 aliphatic heterocycles. The average Bonchev–Trinajstić information content (AvgIpc) is 3.50. The third-order valence-electron chi connectivity index (χ3n) is 6.12. The maximum absolute atomic E-state index is 12.8. The number of ether oxygens (including phenoxy) is 2. The molecule has 4 aromatic rings. The van der Waals surface area contributed by atoms with Crippen LogP contribution in [0.5, 0.6) is 0 Å². The minimum atomic E-state index is -2.03. The van der Waals surface area contributed by atoms with Crippen molar-refractivity contribution >= 4 is 23.2 Å². The molecule has 3 N–H and O–H groups in total. The molecule has 0 spiro atoms. The number of fused-ring (bicyclic) bond motifs is 1. The Bertz CT molecular complexity index is 1490. The summed E-state index contributed by atoms with van der Waals surface area (Å²) in [5.74, 6) is -1.02. The van der Waals surface area contributed by atoms with Crippen LogP contribution in [0.25, 0.3) is 5.52 Å². The average molecular weight is 499 g/mol. The molecule has 0 radical (unpaired) electrons. The predicted molar refractivity (Wildman–Crippen MR) is 128 cm³/mol. The van der Waals surface area contributed by atoms with E-state index in [-0.39, 0.29) is 17.1 Å². The second kappa shape index (κ2) is 9.79. The van der Waals surface area contributed by atoms with Gasteiger partial charge in [-0.3, -0.25) is 4.79 Å². The van der Waals surface area contributed by atoms with Gasteiger partial charge in [0.05, 0.1) is 17.9 Å². The minimum absolute atomic E-state index is 0.114. The highest BCUT2D eigenvalue weighted by Gasteiger charge is 2.60. The number of carbonyl (C=O) groups excluding carboxylic acids is 2. The Hall–Kier alpha value is -4.63. The van der Waals surface area contributed by atoms with Crippen molar-refractivity contribution in [2.24, 2.45) is 0 Å². The van der Waals surface area contributed by atoms with E-state index >= 15 is 0 Å². The number of anilines is 1. The van der Waals surface area contributed by atoms with E-state index in [0.29, 0.717) is 11.1 Å². The molecule has 1 amide bonds. The summed E-state index contributed by atoms with van der Waals surface area (Å²) in [5.41, 5.74) is -0.958. The molecule has 186 valence electrons. The van der Waals surface area contributed by atoms with E-state index in [4.69, 9.17) is 9.47 Å². The van der Waals surface area contributed by atoms with Crippen LogP contribution in [-0.2, 0) is 15.1 Å². The maximum atomic E-state index is 12.8. The SMILES string of the molecule is N#C[C@@]1(c2ccc3c(NC(=O)c4ccccc4)ncnn23)O[C@H](CO)C(O)[C@@H]1OC(=O)c1ccccc1. The van der Waals surface area contributed by atoms with Crippen molar-refractivity contribution in [2.75, 3.05) is 11.9 Å². The number of carbonyl (C=O) groups is 2. The van der Waals surface area contributed by atoms with Crippen molar-refractivity contribution in [3.8, 4) is 6.07 Å². The topological polar surface area (TPSA) is 159 Å². The zero-order chi connectivity index (χ0) is 26.0. The fraction of sp³-hybridized carbons (Fsp3) is 0.192. The van der Waals surface area contributed by atoms with Crippen LogP contribution in [0.3, 0.4) is 0 Å². The lowest BCUT2D eigenvalue weighted by molar-refractivity contribution is -0.0696. The molecule has 2 aromatic heterocycles. The number of hydrogen-bond acceptors (Lipinski definition) is 9. The van der Waals surface area contributed by atoms with E-state index in [1.807, 2.05) is 6.07 Å². The minimum Gasteiger partial charge on any atom is -0.451 e. The normalized spacial score (nSPS) is 22.9. The zero-order valence-electron chi connectivity index (χ0n) is 19.3. The van der Waals surface area contributed by atoms with Gasteiger partial charge in [-0.1, -0.05) is 36.4 Å². The Balaban J connectivity index is 1.54. The molecule has 1 saturated heterocycles. The van der Waals surface area contributed by atoms with E-state index in [1.54, 1.807) is 54.6 Å². The van der Waals surface area contributed by atoms with E-state index < -0.39 is 42.4 Å². The van der Waals surface area contributed by atoms with E-state index in [9.17, 15) is 25.1 Å². The van der Waals surface area contributed by atoms with Crippen molar-refractivity contribution in [3.05, 3.63) is 95.9 Å². The number of amides is 1. The smallest absolute Gasteiger partial charge is 0.338 e. The third kappa shape index (κ3) is 4.19. The number of nitriles is 1. The molecule has 4 atom stereocenters. The monoisotopic (exact) mass is 499 g/mol. The largest absolute Gasteiger partial charge is 0.451 e. The fourth-order valence-corrected chi connectivity index (χ4v) is 4.30. The first kappa shape index (κ1) is 24.1. The van der Waals surface area contributed by atoms with Gasteiger partial charge in [-0.2, -0.15) is 10.4 Å². The van der Waals surface area contributed by atoms with Gasteiger partial charge in [0.1, 0.15) is 30.1 Å². The van der Waals surface area contributed by atoms with Gasteiger partial charge in [-0.15, -0.1) is 0 Å². The third-order valence-corrected chi connectivity index (χ3v) is 6.12. The zero-order valence-corrected chi connectivity index (χ0v) is 19.3. The van der Waals surface area contributed by atoms with Crippen molar-refractivity contribution in [2.45, 2.75) is 23.9 Å². The molecule has 1 aliphatic rings. The summed E-state index contributed by atoms with van der Waals surface area (Å²) in [6, 6.07) is 21.7. The number of nitrogens with zero attached hydrogens (tertiary/aromatic N) is 4. The highest BCUT2D eigenvalue weighted by Crippen LogP contribution is 2.42. The van der Waals surface area contributed by atoms with Gasteiger partial charge >= 0.3 is 5.97 Å². The molecule has 11 nitrogen and oxygen atoms in total. The van der Waals surface area contributed by atoms with E-state index in [2.05, 4.69) is 15.4 Å². The summed E-state index contributed by atoms with van der Waals surface area (Å²) in [7, 11) is 0. The highest BCUT2D eigenvalue weighted by atomic mass is 16.6. The quantitative estimate of drug-likeness (QED) is 0.336. The van der Waals surface area contributed by atoms with Crippen molar-refractivity contribution < 1.29 is 29.3 Å². The molecule has 0 saturated carbocycles. The summed E-state index contributed by atoms with van der Waals surface area (Å²) in [6.07, 6.45) is -3.04. The van der Waals surface area contributed by atoms with Gasteiger partial charge < -0.3 is 25.0 Å². The molecule has 0 aliphatic carbocycles. The Morgan fingerprint density at radius 3 is 2.41 bits per heavy atom. The first-order valence-corrected chi connectivity index (χ1v) is 11.3. The molecule has 11 heteroatoms. The number of aromatic nitrogens is 3. The van der Waals surface area contributed by atoms with Crippen LogP contribution in [0, 0.1) is 11.3 Å². The van der Waals surface area contributed by atoms with Crippen molar-refractivity contribution in [1.82, 2.24) is 14.6 Å². The summed E-state index contributed by atoms with van der Waals surface area (Å²) in [5, 5.41) is 37.9. The Morgan fingerprint density at radius 2 is 1.76 bits per heavy atom. The lowest BCUT2D eigenvalue weighted by atomic mass is 9.92. The molecule has 3 heterocycles. The maximum Gasteiger partial charge on any atom is 0.338 e. The fourth-order valence-electron chi connectivity index (χ4n) is 4.30. The van der Waals surface area contributed by atoms with Crippen LogP contribution in [0.15, 0.2) is 79.1 Å². The number of nitrogens with one attached hydrogen (secondary N) is 1. The summed E-state index contributed by atoms with van der Waals surface area (Å²) >= 11 is 0. The Kier molecular flexibility index (Phi) is 6.37. The lowest BCUT2D eigenvalue weighted by Gasteiger charge is -2.27. The summed E-state index contributed by atoms with van der Waals surface area (Å²) < 4.78 is 12.8. The standard InChI is InChI=1S/C26H21N5O6/c27-14-26(22(21(33)19(13-32)37-26)36-25(35)17-9-5-2-6-10-17)20-12-11-18-23(28-15-29-31(18)20)30-24(34)16-7-3-1-4-8-16/h1-12,15,19,21-22,32-33H,13H2,(H,28,29,30,34)/t19-,21?,22+,26+/m1/s1. The van der Waals surface area contributed by atoms with Crippen LogP contribution in [-0.4, -0.2) is 61.6 Å². The van der Waals surface area contributed by atoms with Crippen molar-refractivity contribution in [3.63, 3.8) is 0 Å². The van der Waals surface area contributed by atoms with Gasteiger partial charge in [0.25, 0.3) is 5.91 Å². The molecule has 1 fully saturated rings. The van der Waals surface area contributed by atoms with Crippen LogP contribution in [0.1, 0.15) is 26.4 Å². The van der Waals surface area contributed by atoms with Gasteiger partial charge in [0, 0.05) is 5.56 Å². The first-order chi connectivity index (χ1) is 18.0. The van der Waals surface area contributed by atoms with E-state index in [1.165, 1.54) is 29.0 Å². The first-order valence-electron chi connectivity index (χ1n) is 11.3. The van der Waals surface area contributed by atoms with Crippen LogP contribution < -0.4 is 5.32 Å². The Morgan fingerprint density at radius 1 is 1.08 bits per heavy atom. The molecule has 0 bridgehead atoms. The molecule has 1 unspecified atom stereocenters. The molecule has 5 rings (SSSR count). The second-order valence-electron chi connectivity index (χ2n) is 8.31. The molecular weight excluding hydrogens is 478 g/mol. The summed E-state index contributed by atoms with van der Waals surface area (Å²) in [4.78, 5) is 29.7. The van der Waals surface area contributed by atoms with Gasteiger partial charge in [0.15, 0.2) is 11.9 Å². The number of aliphatic hydroxyl groups is 2. The van der Waals surface area contributed by atoms with Gasteiger partial charge in [0.2, 0.25) is 5.60 Å². The predicted octanol–water partition coefficient (Wildman–Crippen LogP) is 1.68. The second-order valence-corrected chi connectivity index (χ2v) is 8.31. The lowest BCUT2D eigenvalue weighted by Crippen LogP contribution is -2.44. The molecule has 37 heavy (non-hydrogen) atoms. The van der Waals surface area contributed by atoms with Gasteiger partial charge in [-0.25, -0.2) is 14.3 Å². The van der Waals surface area contributed by atoms with Gasteiger partial charge in [-0.05, 0) is 36.4 Å². The number of hydrogen-bond donors (Lipinski definition) is 3. The van der Waals surface area contributed by atoms with E-state index in [0.717, 1.165) is 0 Å². The Labute approximate surface area is 210 Å². The summed E-state index contributed by atoms with van der Waals surface area (Å²) in [6.45, 7) is -0.624. The highest BCUT2D eigenvalue weighted by molar-refractivity contribution is 6.05. The molecule has 2 aromatic carbocycles. The number of esters is 1. The molecular formula is C26H21N5O6. The number of benzene rings is 2. The number of aliphatic hydroxyl groups excluding tert-OH is 2. The van der Waals surface area contributed by atoms with Crippen LogP contribution >= 0.6 is 0 Å².